The molecule has 0 radical (unpaired) electrons. The number of carbonyl (C=O) groups excluding carboxylic acids is 1. The van der Waals surface area contributed by atoms with Crippen LogP contribution in [0.2, 0.25) is 0 Å². The van der Waals surface area contributed by atoms with E-state index < -0.39 is 12.0 Å². The summed E-state index contributed by atoms with van der Waals surface area (Å²) < 4.78 is 0. The molecule has 6 heteroatoms. The first kappa shape index (κ1) is 11.2. The van der Waals surface area contributed by atoms with Crippen LogP contribution in [0.25, 0.3) is 0 Å². The van der Waals surface area contributed by atoms with Crippen LogP contribution in [0.5, 0.6) is 0 Å². The lowest BCUT2D eigenvalue weighted by Gasteiger charge is -2.11. The van der Waals surface area contributed by atoms with Gasteiger partial charge in [0.2, 0.25) is 5.91 Å². The normalized spacial score (nSPS) is 12.1. The summed E-state index contributed by atoms with van der Waals surface area (Å²) in [6.07, 6.45) is 1.68. The number of aromatic amines is 1. The largest absolute Gasteiger partial charge is 0.480 e. The van der Waals surface area contributed by atoms with Gasteiger partial charge in [0, 0.05) is 19.0 Å². The van der Waals surface area contributed by atoms with Crippen LogP contribution in [0, 0.1) is 6.92 Å². The number of carboxylic acid groups (broad SMARTS) is 1. The molecule has 0 saturated heterocycles. The third kappa shape index (κ3) is 3.08. The molecular weight excluding hydrogens is 198 g/mol. The first-order valence-corrected chi connectivity index (χ1v) is 4.49. The van der Waals surface area contributed by atoms with E-state index in [1.165, 1.54) is 13.3 Å². The molecule has 3 N–H and O–H groups in total. The summed E-state index contributed by atoms with van der Waals surface area (Å²) in [5, 5.41) is 11.2. The van der Waals surface area contributed by atoms with E-state index in [-0.39, 0.29) is 12.3 Å². The molecule has 82 valence electrons. The molecular formula is C9H13N3O3. The Kier molecular flexibility index (Phi) is 3.43. The average molecular weight is 211 g/mol. The third-order valence-electron chi connectivity index (χ3n) is 2.01. The first-order valence-electron chi connectivity index (χ1n) is 4.49. The Labute approximate surface area is 86.7 Å². The molecule has 0 aromatic carbocycles. The van der Waals surface area contributed by atoms with Crippen LogP contribution in [0.1, 0.15) is 18.3 Å². The van der Waals surface area contributed by atoms with Gasteiger partial charge in [0.05, 0.1) is 12.0 Å². The summed E-state index contributed by atoms with van der Waals surface area (Å²) in [7, 11) is 0. The van der Waals surface area contributed by atoms with E-state index in [2.05, 4.69) is 15.3 Å². The number of aliphatic carboxylic acids is 1. The number of hydrogen-bond acceptors (Lipinski definition) is 3. The summed E-state index contributed by atoms with van der Waals surface area (Å²) in [4.78, 5) is 28.4. The molecule has 1 atom stereocenters. The van der Waals surface area contributed by atoms with Gasteiger partial charge in [0.1, 0.15) is 6.04 Å². The SMILES string of the molecule is CC(=O)NC(Cc1nc[nH]c1C)C(=O)O. The zero-order valence-electron chi connectivity index (χ0n) is 8.57. The van der Waals surface area contributed by atoms with Gasteiger partial charge in [0.15, 0.2) is 0 Å². The summed E-state index contributed by atoms with van der Waals surface area (Å²) in [5.74, 6) is -1.43. The minimum absolute atomic E-state index is 0.185. The van der Waals surface area contributed by atoms with Crippen molar-refractivity contribution in [1.82, 2.24) is 15.3 Å². The minimum Gasteiger partial charge on any atom is -0.480 e. The lowest BCUT2D eigenvalue weighted by atomic mass is 10.1. The molecule has 0 fully saturated rings. The van der Waals surface area contributed by atoms with E-state index in [1.54, 1.807) is 6.92 Å². The van der Waals surface area contributed by atoms with Crippen LogP contribution in [-0.2, 0) is 16.0 Å². The van der Waals surface area contributed by atoms with Crippen LogP contribution >= 0.6 is 0 Å². The lowest BCUT2D eigenvalue weighted by molar-refractivity contribution is -0.141. The second-order valence-corrected chi connectivity index (χ2v) is 3.27. The highest BCUT2D eigenvalue weighted by Crippen LogP contribution is 2.04. The number of carbonyl (C=O) groups is 2. The van der Waals surface area contributed by atoms with Crippen molar-refractivity contribution in [3.63, 3.8) is 0 Å². The number of amides is 1. The highest BCUT2D eigenvalue weighted by molar-refractivity contribution is 5.82. The average Bonchev–Trinajstić information content (AvgIpc) is 2.50. The molecule has 1 amide bonds. The zero-order valence-corrected chi connectivity index (χ0v) is 8.57. The maximum Gasteiger partial charge on any atom is 0.326 e. The van der Waals surface area contributed by atoms with E-state index in [0.717, 1.165) is 5.69 Å². The van der Waals surface area contributed by atoms with Crippen molar-refractivity contribution < 1.29 is 14.7 Å². The van der Waals surface area contributed by atoms with E-state index in [0.29, 0.717) is 5.69 Å². The van der Waals surface area contributed by atoms with E-state index >= 15 is 0 Å². The Morgan fingerprint density at radius 3 is 2.73 bits per heavy atom. The predicted molar refractivity (Wildman–Crippen MR) is 52.3 cm³/mol. The monoisotopic (exact) mass is 211 g/mol. The smallest absolute Gasteiger partial charge is 0.326 e. The number of imidazole rings is 1. The predicted octanol–water partition coefficient (Wildman–Crippen LogP) is -0.150. The van der Waals surface area contributed by atoms with Gasteiger partial charge in [-0.3, -0.25) is 4.79 Å². The molecule has 15 heavy (non-hydrogen) atoms. The Morgan fingerprint density at radius 1 is 1.67 bits per heavy atom. The molecule has 1 aromatic rings. The standard InChI is InChI=1S/C9H13N3O3/c1-5-7(11-4-10-5)3-8(9(14)15)12-6(2)13/h4,8H,3H2,1-2H3,(H,10,11)(H,12,13)(H,14,15). The number of nitrogens with one attached hydrogen (secondary N) is 2. The summed E-state index contributed by atoms with van der Waals surface area (Å²) in [6.45, 7) is 3.09. The van der Waals surface area contributed by atoms with Crippen molar-refractivity contribution in [3.05, 3.63) is 17.7 Å². The number of carboxylic acids is 1. The quantitative estimate of drug-likeness (QED) is 0.645. The van der Waals surface area contributed by atoms with Crippen LogP contribution < -0.4 is 5.32 Å². The topological polar surface area (TPSA) is 95.1 Å². The van der Waals surface area contributed by atoms with Crippen LogP contribution in [0.15, 0.2) is 6.33 Å². The molecule has 0 aliphatic rings. The summed E-state index contributed by atoms with van der Waals surface area (Å²) in [5.41, 5.74) is 1.46. The molecule has 1 unspecified atom stereocenters. The Balaban J connectivity index is 2.71. The number of rotatable bonds is 4. The highest BCUT2D eigenvalue weighted by atomic mass is 16.4. The maximum absolute atomic E-state index is 10.8. The van der Waals surface area contributed by atoms with Crippen molar-refractivity contribution in [2.45, 2.75) is 26.3 Å². The van der Waals surface area contributed by atoms with Gasteiger partial charge in [-0.1, -0.05) is 0 Å². The fourth-order valence-corrected chi connectivity index (χ4v) is 1.23. The second kappa shape index (κ2) is 4.59. The molecule has 1 aromatic heterocycles. The van der Waals surface area contributed by atoms with Gasteiger partial charge >= 0.3 is 5.97 Å². The van der Waals surface area contributed by atoms with Gasteiger partial charge in [-0.2, -0.15) is 0 Å². The van der Waals surface area contributed by atoms with E-state index in [9.17, 15) is 9.59 Å². The number of nitrogens with zero attached hydrogens (tertiary/aromatic N) is 1. The number of aromatic nitrogens is 2. The van der Waals surface area contributed by atoms with Crippen molar-refractivity contribution in [1.29, 1.82) is 0 Å². The third-order valence-corrected chi connectivity index (χ3v) is 2.01. The highest BCUT2D eigenvalue weighted by Gasteiger charge is 2.20. The van der Waals surface area contributed by atoms with Crippen LogP contribution in [0.3, 0.4) is 0 Å². The Bertz CT molecular complexity index is 372. The van der Waals surface area contributed by atoms with Gasteiger partial charge < -0.3 is 15.4 Å². The van der Waals surface area contributed by atoms with Crippen LogP contribution in [0.4, 0.5) is 0 Å². The van der Waals surface area contributed by atoms with Crippen LogP contribution in [-0.4, -0.2) is 33.0 Å². The lowest BCUT2D eigenvalue weighted by Crippen LogP contribution is -2.41. The van der Waals surface area contributed by atoms with E-state index in [1.807, 2.05) is 0 Å². The van der Waals surface area contributed by atoms with Crippen molar-refractivity contribution >= 4 is 11.9 Å². The summed E-state index contributed by atoms with van der Waals surface area (Å²) in [6, 6.07) is -0.926. The van der Waals surface area contributed by atoms with Crippen molar-refractivity contribution in [3.8, 4) is 0 Å². The van der Waals surface area contributed by atoms with E-state index in [4.69, 9.17) is 5.11 Å². The number of hydrogen-bond donors (Lipinski definition) is 3. The number of aryl methyl sites for hydroxylation is 1. The molecule has 1 rings (SSSR count). The number of H-pyrrole nitrogens is 1. The molecule has 0 aliphatic carbocycles. The molecule has 0 aliphatic heterocycles. The first-order chi connectivity index (χ1) is 7.00. The van der Waals surface area contributed by atoms with Gasteiger partial charge in [-0.25, -0.2) is 9.78 Å². The molecule has 0 saturated carbocycles. The molecule has 1 heterocycles. The fraction of sp³-hybridized carbons (Fsp3) is 0.444. The van der Waals surface area contributed by atoms with Gasteiger partial charge in [-0.05, 0) is 6.92 Å². The minimum atomic E-state index is -1.06. The Hall–Kier alpha value is -1.85. The van der Waals surface area contributed by atoms with Gasteiger partial charge in [-0.15, -0.1) is 0 Å². The summed E-state index contributed by atoms with van der Waals surface area (Å²) >= 11 is 0. The fourth-order valence-electron chi connectivity index (χ4n) is 1.23. The second-order valence-electron chi connectivity index (χ2n) is 3.27. The maximum atomic E-state index is 10.8. The molecule has 0 bridgehead atoms. The van der Waals surface area contributed by atoms with Crippen molar-refractivity contribution in [2.24, 2.45) is 0 Å². The van der Waals surface area contributed by atoms with Crippen molar-refractivity contribution in [2.75, 3.05) is 0 Å². The molecule has 6 nitrogen and oxygen atoms in total. The zero-order chi connectivity index (χ0) is 11.4. The molecule has 0 spiro atoms. The van der Waals surface area contributed by atoms with Gasteiger partial charge in [0.25, 0.3) is 0 Å². The Morgan fingerprint density at radius 2 is 2.33 bits per heavy atom.